The number of nitrogens with one attached hydrogen (secondary N) is 1. The molecule has 1 heterocycles. The number of benzene rings is 1. The topological polar surface area (TPSA) is 75.4 Å². The van der Waals surface area contributed by atoms with Crippen molar-refractivity contribution in [3.63, 3.8) is 0 Å². The van der Waals surface area contributed by atoms with Crippen molar-refractivity contribution >= 4 is 46.2 Å². The van der Waals surface area contributed by atoms with Crippen molar-refractivity contribution in [2.24, 2.45) is 17.6 Å². The van der Waals surface area contributed by atoms with Gasteiger partial charge in [0.05, 0.1) is 5.57 Å². The molecule has 1 fully saturated rings. The SMILES string of the molecule is NCC1CCC(CN2Cc3c(NC(=O)C4=CC(Cl)=CCC4=S)cccc3C2=O)CC1. The van der Waals surface area contributed by atoms with Crippen LogP contribution < -0.4 is 11.1 Å². The Bertz CT molecular complexity index is 948. The highest BCUT2D eigenvalue weighted by molar-refractivity contribution is 7.81. The Balaban J connectivity index is 1.46. The lowest BCUT2D eigenvalue weighted by molar-refractivity contribution is -0.112. The van der Waals surface area contributed by atoms with Crippen LogP contribution in [-0.2, 0) is 11.3 Å². The summed E-state index contributed by atoms with van der Waals surface area (Å²) >= 11 is 11.4. The van der Waals surface area contributed by atoms with Crippen molar-refractivity contribution < 1.29 is 9.59 Å². The maximum Gasteiger partial charge on any atom is 0.256 e. The number of nitrogens with zero attached hydrogens (tertiary/aromatic N) is 1. The number of halogens is 1. The van der Waals surface area contributed by atoms with E-state index in [-0.39, 0.29) is 11.8 Å². The second kappa shape index (κ2) is 9.00. The zero-order chi connectivity index (χ0) is 21.3. The van der Waals surface area contributed by atoms with Gasteiger partial charge in [-0.05, 0) is 62.3 Å². The molecule has 0 unspecified atom stereocenters. The number of hydrogen-bond donors (Lipinski definition) is 2. The van der Waals surface area contributed by atoms with E-state index in [1.807, 2.05) is 23.1 Å². The van der Waals surface area contributed by atoms with Crippen LogP contribution in [0.15, 0.2) is 41.0 Å². The fraction of sp³-hybridized carbons (Fsp3) is 0.435. The van der Waals surface area contributed by atoms with E-state index in [1.165, 1.54) is 0 Å². The molecule has 0 spiro atoms. The van der Waals surface area contributed by atoms with Gasteiger partial charge in [0.25, 0.3) is 11.8 Å². The minimum atomic E-state index is -0.286. The molecule has 1 aromatic carbocycles. The van der Waals surface area contributed by atoms with E-state index >= 15 is 0 Å². The summed E-state index contributed by atoms with van der Waals surface area (Å²) in [4.78, 5) is 28.2. The van der Waals surface area contributed by atoms with Crippen LogP contribution in [0.4, 0.5) is 5.69 Å². The Morgan fingerprint density at radius 2 is 1.97 bits per heavy atom. The summed E-state index contributed by atoms with van der Waals surface area (Å²) in [6.07, 6.45) is 8.39. The third kappa shape index (κ3) is 4.36. The molecule has 0 bridgehead atoms. The van der Waals surface area contributed by atoms with Crippen molar-refractivity contribution in [1.29, 1.82) is 0 Å². The molecule has 5 nitrogen and oxygen atoms in total. The molecule has 30 heavy (non-hydrogen) atoms. The summed E-state index contributed by atoms with van der Waals surface area (Å²) in [5.41, 5.74) is 8.41. The first-order valence-corrected chi connectivity index (χ1v) is 11.3. The molecule has 0 aromatic heterocycles. The molecule has 0 radical (unpaired) electrons. The van der Waals surface area contributed by atoms with Crippen molar-refractivity contribution in [1.82, 2.24) is 4.90 Å². The van der Waals surface area contributed by atoms with Gasteiger partial charge in [0, 0.05) is 46.2 Å². The summed E-state index contributed by atoms with van der Waals surface area (Å²) in [6, 6.07) is 5.48. The van der Waals surface area contributed by atoms with Crippen LogP contribution in [-0.4, -0.2) is 34.7 Å². The second-order valence-corrected chi connectivity index (χ2v) is 9.30. The van der Waals surface area contributed by atoms with E-state index in [0.29, 0.717) is 51.5 Å². The average molecular weight is 444 g/mol. The Kier molecular flexibility index (Phi) is 6.37. The second-order valence-electron chi connectivity index (χ2n) is 8.37. The van der Waals surface area contributed by atoms with Crippen LogP contribution in [0.2, 0.25) is 0 Å². The van der Waals surface area contributed by atoms with E-state index in [1.54, 1.807) is 12.2 Å². The van der Waals surface area contributed by atoms with Crippen LogP contribution in [0.25, 0.3) is 0 Å². The molecule has 0 saturated heterocycles. The first-order chi connectivity index (χ1) is 14.5. The van der Waals surface area contributed by atoms with Gasteiger partial charge in [-0.25, -0.2) is 0 Å². The molecule has 1 aromatic rings. The third-order valence-corrected chi connectivity index (χ3v) is 7.03. The Morgan fingerprint density at radius 1 is 1.23 bits per heavy atom. The largest absolute Gasteiger partial charge is 0.334 e. The number of rotatable bonds is 5. The van der Waals surface area contributed by atoms with Gasteiger partial charge in [-0.15, -0.1) is 0 Å². The summed E-state index contributed by atoms with van der Waals surface area (Å²) < 4.78 is 0. The Morgan fingerprint density at radius 3 is 2.70 bits per heavy atom. The summed E-state index contributed by atoms with van der Waals surface area (Å²) in [6.45, 7) is 2.03. The van der Waals surface area contributed by atoms with Crippen LogP contribution in [0, 0.1) is 11.8 Å². The molecular formula is C23H26ClN3O2S. The number of thiocarbonyl (C=S) groups is 1. The number of allylic oxidation sites excluding steroid dienone is 3. The number of nitrogens with two attached hydrogens (primary N) is 1. The summed E-state index contributed by atoms with van der Waals surface area (Å²) in [7, 11) is 0. The maximum atomic E-state index is 13.0. The maximum absolute atomic E-state index is 13.0. The number of carbonyl (C=O) groups excluding carboxylic acids is 2. The minimum absolute atomic E-state index is 0.0421. The van der Waals surface area contributed by atoms with Gasteiger partial charge in [0.15, 0.2) is 0 Å². The molecule has 1 saturated carbocycles. The van der Waals surface area contributed by atoms with Gasteiger partial charge >= 0.3 is 0 Å². The van der Waals surface area contributed by atoms with Gasteiger partial charge in [-0.2, -0.15) is 0 Å². The molecule has 3 aliphatic rings. The number of fused-ring (bicyclic) bond motifs is 1. The van der Waals surface area contributed by atoms with Crippen LogP contribution >= 0.6 is 23.8 Å². The lowest BCUT2D eigenvalue weighted by Crippen LogP contribution is -2.32. The quantitative estimate of drug-likeness (QED) is 0.670. The standard InChI is InChI=1S/C23H26ClN3O2S/c24-16-8-9-21(30)18(10-16)22(28)26-20-3-1-2-17-19(20)13-27(23(17)29)12-15-6-4-14(11-25)5-7-15/h1-3,8,10,14-15H,4-7,9,11-13,25H2,(H,26,28). The Hall–Kier alpha value is -2.02. The molecule has 158 valence electrons. The fourth-order valence-corrected chi connectivity index (χ4v) is 5.00. The molecule has 2 amide bonds. The molecule has 7 heteroatoms. The zero-order valence-electron chi connectivity index (χ0n) is 16.8. The Labute approximate surface area is 187 Å². The lowest BCUT2D eigenvalue weighted by atomic mass is 9.82. The number of amides is 2. The lowest BCUT2D eigenvalue weighted by Gasteiger charge is -2.30. The first kappa shape index (κ1) is 21.2. The fourth-order valence-electron chi connectivity index (χ4n) is 4.58. The monoisotopic (exact) mass is 443 g/mol. The minimum Gasteiger partial charge on any atom is -0.334 e. The zero-order valence-corrected chi connectivity index (χ0v) is 18.4. The number of carbonyl (C=O) groups is 2. The summed E-state index contributed by atoms with van der Waals surface area (Å²) in [5.74, 6) is 0.895. The van der Waals surface area contributed by atoms with Crippen molar-refractivity contribution in [2.75, 3.05) is 18.4 Å². The van der Waals surface area contributed by atoms with E-state index in [4.69, 9.17) is 29.6 Å². The van der Waals surface area contributed by atoms with Gasteiger partial charge in [0.1, 0.15) is 0 Å². The van der Waals surface area contributed by atoms with Crippen LogP contribution in [0.5, 0.6) is 0 Å². The van der Waals surface area contributed by atoms with Crippen molar-refractivity contribution in [2.45, 2.75) is 38.6 Å². The van der Waals surface area contributed by atoms with Crippen molar-refractivity contribution in [3.8, 4) is 0 Å². The molecule has 1 aliphatic heterocycles. The van der Waals surface area contributed by atoms with Crippen LogP contribution in [0.1, 0.15) is 48.0 Å². The van der Waals surface area contributed by atoms with Gasteiger partial charge in [0.2, 0.25) is 0 Å². The highest BCUT2D eigenvalue weighted by atomic mass is 35.5. The highest BCUT2D eigenvalue weighted by Gasteiger charge is 2.32. The predicted octanol–water partition coefficient (Wildman–Crippen LogP) is 4.17. The van der Waals surface area contributed by atoms with Crippen molar-refractivity contribution in [3.05, 3.63) is 52.1 Å². The van der Waals surface area contributed by atoms with Gasteiger partial charge < -0.3 is 16.0 Å². The summed E-state index contributed by atoms with van der Waals surface area (Å²) in [5, 5.41) is 3.46. The predicted molar refractivity (Wildman–Crippen MR) is 124 cm³/mol. The smallest absolute Gasteiger partial charge is 0.256 e. The van der Waals surface area contributed by atoms with Crippen LogP contribution in [0.3, 0.4) is 0 Å². The average Bonchev–Trinajstić information content (AvgIpc) is 3.07. The van der Waals surface area contributed by atoms with E-state index < -0.39 is 0 Å². The van der Waals surface area contributed by atoms with E-state index in [9.17, 15) is 9.59 Å². The highest BCUT2D eigenvalue weighted by Crippen LogP contribution is 2.34. The molecule has 2 aliphatic carbocycles. The van der Waals surface area contributed by atoms with Gasteiger partial charge in [-0.1, -0.05) is 36.0 Å². The van der Waals surface area contributed by atoms with Gasteiger partial charge in [-0.3, -0.25) is 9.59 Å². The molecule has 0 atom stereocenters. The number of anilines is 1. The normalized spacial score (nSPS) is 23.7. The number of hydrogen-bond acceptors (Lipinski definition) is 4. The molecule has 4 rings (SSSR count). The molecule has 3 N–H and O–H groups in total. The van der Waals surface area contributed by atoms with E-state index in [0.717, 1.165) is 44.3 Å². The van der Waals surface area contributed by atoms with E-state index in [2.05, 4.69) is 5.32 Å². The molecular weight excluding hydrogens is 418 g/mol. The first-order valence-electron chi connectivity index (χ1n) is 10.5. The third-order valence-electron chi connectivity index (χ3n) is 6.38.